The van der Waals surface area contributed by atoms with Gasteiger partial charge >= 0.3 is 0 Å². The first kappa shape index (κ1) is 36.2. The minimum Gasteiger partial charge on any atom is -0.508 e. The quantitative estimate of drug-likeness (QED) is 0.106. The Morgan fingerprint density at radius 2 is 1.33 bits per heavy atom. The molecule has 0 aromatic heterocycles. The Kier molecular flexibility index (Phi) is 12.4. The zero-order valence-electron chi connectivity index (χ0n) is 30.5. The number of nitrogens with one attached hydrogen (secondary N) is 2. The van der Waals surface area contributed by atoms with Crippen molar-refractivity contribution in [2.24, 2.45) is 10.9 Å². The molecule has 7 nitrogen and oxygen atoms in total. The molecule has 268 valence electrons. The second kappa shape index (κ2) is 17.5. The van der Waals surface area contributed by atoms with Crippen LogP contribution in [0.5, 0.6) is 11.5 Å². The maximum atomic E-state index is 13.9. The number of phenolic OH excluding ortho intramolecular Hbond substituents is 2. The number of carbonyl (C=O) groups is 1. The Morgan fingerprint density at radius 3 is 1.96 bits per heavy atom. The van der Waals surface area contributed by atoms with Crippen LogP contribution in [0.25, 0.3) is 5.57 Å². The second-order valence-corrected chi connectivity index (χ2v) is 14.5. The van der Waals surface area contributed by atoms with Gasteiger partial charge in [-0.3, -0.25) is 14.7 Å². The monoisotopic (exact) mass is 687 g/mol. The highest BCUT2D eigenvalue weighted by molar-refractivity contribution is 6.31. The number of aromatic hydroxyl groups is 2. The highest BCUT2D eigenvalue weighted by Crippen LogP contribution is 2.35. The Bertz CT molecular complexity index is 1750. The summed E-state index contributed by atoms with van der Waals surface area (Å²) in [6, 6.07) is 22.4. The van der Waals surface area contributed by atoms with E-state index in [1.54, 1.807) is 24.3 Å². The molecule has 2 unspecified atom stereocenters. The van der Waals surface area contributed by atoms with Gasteiger partial charge in [0.1, 0.15) is 24.1 Å². The van der Waals surface area contributed by atoms with E-state index in [0.717, 1.165) is 33.9 Å². The molecule has 3 aromatic carbocycles. The van der Waals surface area contributed by atoms with Crippen molar-refractivity contribution in [3.63, 3.8) is 0 Å². The summed E-state index contributed by atoms with van der Waals surface area (Å²) in [5, 5.41) is 23.2. The maximum absolute atomic E-state index is 13.9. The summed E-state index contributed by atoms with van der Waals surface area (Å²) in [6.45, 7) is 2.69. The van der Waals surface area contributed by atoms with Gasteiger partial charge in [0.05, 0.1) is 6.42 Å². The number of nitrogens with zero attached hydrogens (tertiary/aromatic N) is 2. The molecule has 1 saturated heterocycles. The summed E-state index contributed by atoms with van der Waals surface area (Å²) < 4.78 is 0. The number of unbranched alkanes of at least 4 members (excludes halogenated alkanes) is 10. The molecule has 2 aliphatic heterocycles. The van der Waals surface area contributed by atoms with Crippen LogP contribution in [0.2, 0.25) is 0 Å². The first-order valence-corrected chi connectivity index (χ1v) is 19.2. The summed E-state index contributed by atoms with van der Waals surface area (Å²) in [7, 11) is 1.92. The molecule has 2 heterocycles. The van der Waals surface area contributed by atoms with Gasteiger partial charge in [0.15, 0.2) is 5.82 Å². The van der Waals surface area contributed by atoms with Gasteiger partial charge in [-0.25, -0.2) is 4.99 Å². The summed E-state index contributed by atoms with van der Waals surface area (Å²) in [4.78, 5) is 24.0. The van der Waals surface area contributed by atoms with E-state index in [1.807, 2.05) is 36.2 Å². The number of allylic oxidation sites excluding steroid dienone is 3. The normalized spacial score (nSPS) is 19.1. The van der Waals surface area contributed by atoms with Crippen LogP contribution in [0.1, 0.15) is 106 Å². The first-order chi connectivity index (χ1) is 24.9. The van der Waals surface area contributed by atoms with Crippen LogP contribution in [0, 0.1) is 5.92 Å². The first-order valence-electron chi connectivity index (χ1n) is 19.2. The average molecular weight is 688 g/mol. The number of hydrogen-bond acceptors (Lipinski definition) is 5. The fourth-order valence-electron chi connectivity index (χ4n) is 7.66. The lowest BCUT2D eigenvalue weighted by atomic mass is 9.77. The summed E-state index contributed by atoms with van der Waals surface area (Å²) >= 11 is 0. The summed E-state index contributed by atoms with van der Waals surface area (Å²) in [6.07, 6.45) is 19.7. The number of aliphatic imine (C=N–C) groups is 1. The average Bonchev–Trinajstić information content (AvgIpc) is 3.44. The molecule has 7 heteroatoms. The molecule has 0 bridgehead atoms. The van der Waals surface area contributed by atoms with E-state index in [9.17, 15) is 15.0 Å². The third-order valence-corrected chi connectivity index (χ3v) is 10.6. The zero-order valence-corrected chi connectivity index (χ0v) is 30.5. The van der Waals surface area contributed by atoms with Crippen LogP contribution in [0.15, 0.2) is 95.4 Å². The Labute approximate surface area is 303 Å². The van der Waals surface area contributed by atoms with Crippen LogP contribution in [-0.4, -0.2) is 52.1 Å². The lowest BCUT2D eigenvalue weighted by Crippen LogP contribution is -2.76. The fraction of sp³-hybridized carbons (Fsp3) is 0.432. The predicted octanol–water partition coefficient (Wildman–Crippen LogP) is 7.22. The van der Waals surface area contributed by atoms with Gasteiger partial charge in [-0.2, -0.15) is 0 Å². The van der Waals surface area contributed by atoms with Crippen molar-refractivity contribution in [1.29, 1.82) is 0 Å². The van der Waals surface area contributed by atoms with Gasteiger partial charge in [-0.1, -0.05) is 120 Å². The van der Waals surface area contributed by atoms with E-state index in [2.05, 4.69) is 52.6 Å². The van der Waals surface area contributed by atoms with Crippen LogP contribution < -0.4 is 10.3 Å². The van der Waals surface area contributed by atoms with Crippen molar-refractivity contribution in [3.8, 4) is 11.5 Å². The van der Waals surface area contributed by atoms with Gasteiger partial charge < -0.3 is 15.5 Å². The van der Waals surface area contributed by atoms with Crippen molar-refractivity contribution in [3.05, 3.63) is 113 Å². The van der Waals surface area contributed by atoms with Gasteiger partial charge in [0, 0.05) is 30.7 Å². The number of amides is 1. The van der Waals surface area contributed by atoms with E-state index in [0.29, 0.717) is 25.3 Å². The highest BCUT2D eigenvalue weighted by atomic mass is 16.3. The lowest BCUT2D eigenvalue weighted by Gasteiger charge is -2.28. The molecule has 0 saturated carbocycles. The maximum Gasteiger partial charge on any atom is 0.251 e. The Morgan fingerprint density at radius 1 is 0.765 bits per heavy atom. The lowest BCUT2D eigenvalue weighted by molar-refractivity contribution is -0.406. The smallest absolute Gasteiger partial charge is 0.251 e. The Balaban J connectivity index is 1.04. The molecular formula is C44H55N4O3+. The largest absolute Gasteiger partial charge is 0.508 e. The number of benzene rings is 3. The standard InChI is InChI=1S/C44H54N4O3/c1-3-4-5-6-7-8-9-10-11-12-13-14-35-29-38(42(35)45-2)33-19-15-31(16-20-33)28-40-44(51)48-30-41(34-21-25-37(50)26-22-34)46-39(43(48)47-40)27-32-17-23-36(49)24-18-32/h15-26,29,35,40,47,49-50H,3-14,27-28,30H2,1-2H3/p+1. The van der Waals surface area contributed by atoms with Gasteiger partial charge in [-0.15, -0.1) is 0 Å². The minimum absolute atomic E-state index is 0.0439. The van der Waals surface area contributed by atoms with Gasteiger partial charge in [-0.05, 0) is 65.1 Å². The van der Waals surface area contributed by atoms with Gasteiger partial charge in [0.2, 0.25) is 11.4 Å². The van der Waals surface area contributed by atoms with Crippen molar-refractivity contribution in [2.45, 2.75) is 103 Å². The molecule has 1 fully saturated rings. The molecule has 0 spiro atoms. The molecule has 1 amide bonds. The van der Waals surface area contributed by atoms with Crippen molar-refractivity contribution >= 4 is 22.9 Å². The van der Waals surface area contributed by atoms with E-state index < -0.39 is 0 Å². The van der Waals surface area contributed by atoms with Gasteiger partial charge in [0.25, 0.3) is 5.91 Å². The summed E-state index contributed by atoms with van der Waals surface area (Å²) in [5.41, 5.74) is 8.50. The number of phenols is 2. The number of rotatable bonds is 18. The third kappa shape index (κ3) is 9.18. The van der Waals surface area contributed by atoms with E-state index in [-0.39, 0.29) is 23.4 Å². The molecule has 2 atom stereocenters. The van der Waals surface area contributed by atoms with Crippen molar-refractivity contribution in [1.82, 2.24) is 10.2 Å². The van der Waals surface area contributed by atoms with E-state index in [4.69, 9.17) is 0 Å². The topological polar surface area (TPSA) is 99.1 Å². The highest BCUT2D eigenvalue weighted by Gasteiger charge is 2.42. The molecule has 0 radical (unpaired) electrons. The van der Waals surface area contributed by atoms with Crippen LogP contribution >= 0.6 is 0 Å². The molecule has 3 aliphatic rings. The SMILES string of the molecule is CCCCCCCCCCCCCC1C=C(c2ccc(CC3NC4=C(Cc5ccc(O)cc5)[NH+]=C(c5ccc(O)cc5)CN4C3=O)cc2)C1=NC. The fourth-order valence-corrected chi connectivity index (χ4v) is 7.66. The summed E-state index contributed by atoms with van der Waals surface area (Å²) in [5.74, 6) is 1.72. The molecule has 3 aromatic rings. The molecule has 6 rings (SSSR count). The van der Waals surface area contributed by atoms with Crippen LogP contribution in [0.3, 0.4) is 0 Å². The third-order valence-electron chi connectivity index (χ3n) is 10.6. The predicted molar refractivity (Wildman–Crippen MR) is 207 cm³/mol. The molecule has 4 N–H and O–H groups in total. The van der Waals surface area contributed by atoms with Crippen molar-refractivity contribution in [2.75, 3.05) is 13.6 Å². The van der Waals surface area contributed by atoms with Crippen LogP contribution in [0.4, 0.5) is 0 Å². The van der Waals surface area contributed by atoms with E-state index in [1.165, 1.54) is 93.9 Å². The van der Waals surface area contributed by atoms with Crippen molar-refractivity contribution < 1.29 is 20.0 Å². The van der Waals surface area contributed by atoms with E-state index >= 15 is 0 Å². The number of carbonyl (C=O) groups excluding carboxylic acids is 1. The Hall–Kier alpha value is -4.65. The molecular weight excluding hydrogens is 633 g/mol. The number of fused-ring (bicyclic) bond motifs is 1. The number of hydrogen-bond donors (Lipinski definition) is 4. The molecule has 1 aliphatic carbocycles. The zero-order chi connectivity index (χ0) is 35.6. The molecule has 51 heavy (non-hydrogen) atoms. The second-order valence-electron chi connectivity index (χ2n) is 14.5. The minimum atomic E-state index is -0.382. The van der Waals surface area contributed by atoms with Crippen LogP contribution in [-0.2, 0) is 17.6 Å².